The molecule has 4 rings (SSSR count). The Morgan fingerprint density at radius 1 is 0.857 bits per heavy atom. The molecule has 4 bridgehead atoms. The Morgan fingerprint density at radius 3 is 1.86 bits per heavy atom. The van der Waals surface area contributed by atoms with E-state index in [4.69, 9.17) is 0 Å². The molecule has 4 aliphatic heterocycles. The fraction of sp³-hybridized carbons (Fsp3) is 1.00. The zero-order valence-electron chi connectivity index (χ0n) is 14.5. The minimum Gasteiger partial charge on any atom is -0.311 e. The topological polar surface area (TPSA) is 18.5 Å². The number of nitrogens with zero attached hydrogens (tertiary/aromatic N) is 2. The first kappa shape index (κ1) is 15.8. The molecule has 4 unspecified atom stereocenters. The second-order valence-corrected chi connectivity index (χ2v) is 8.14. The molecule has 4 heterocycles. The summed E-state index contributed by atoms with van der Waals surface area (Å²) in [5, 5.41) is 3.50. The second kappa shape index (κ2) is 6.55. The minimum absolute atomic E-state index is 0.747. The quantitative estimate of drug-likeness (QED) is 0.844. The van der Waals surface area contributed by atoms with Crippen LogP contribution in [0.5, 0.6) is 0 Å². The van der Waals surface area contributed by atoms with Gasteiger partial charge in [-0.3, -0.25) is 9.80 Å². The molecule has 0 saturated carbocycles. The van der Waals surface area contributed by atoms with Crippen LogP contribution in [-0.2, 0) is 0 Å². The lowest BCUT2D eigenvalue weighted by Gasteiger charge is -2.37. The standard InChI is InChI=1S/C10H19N.C8H16N2/c1-8(2)11-9-4-3-5-10(11)7-6-9;1-6(2)10-5-7-3-8(10)4-9-7/h8-10H,3-7H2,1-2H3;6-9H,3-5H2,1-2H3. The van der Waals surface area contributed by atoms with E-state index in [0.29, 0.717) is 0 Å². The summed E-state index contributed by atoms with van der Waals surface area (Å²) in [6.07, 6.45) is 8.76. The molecule has 4 saturated heterocycles. The van der Waals surface area contributed by atoms with Gasteiger partial charge in [0.25, 0.3) is 0 Å². The van der Waals surface area contributed by atoms with Crippen molar-refractivity contribution in [2.75, 3.05) is 13.1 Å². The van der Waals surface area contributed by atoms with E-state index in [-0.39, 0.29) is 0 Å². The summed E-state index contributed by atoms with van der Waals surface area (Å²) in [7, 11) is 0. The number of rotatable bonds is 2. The maximum absolute atomic E-state index is 3.50. The number of nitrogens with one attached hydrogen (secondary N) is 1. The molecule has 0 aliphatic carbocycles. The van der Waals surface area contributed by atoms with Crippen LogP contribution in [0, 0.1) is 0 Å². The van der Waals surface area contributed by atoms with Crippen molar-refractivity contribution in [3.8, 4) is 0 Å². The third-order valence-electron chi connectivity index (χ3n) is 6.11. The Hall–Kier alpha value is -0.120. The van der Waals surface area contributed by atoms with Crippen molar-refractivity contribution in [3.63, 3.8) is 0 Å². The van der Waals surface area contributed by atoms with Crippen molar-refractivity contribution in [2.45, 2.75) is 102 Å². The molecule has 0 radical (unpaired) electrons. The van der Waals surface area contributed by atoms with Crippen LogP contribution in [0.25, 0.3) is 0 Å². The lowest BCUT2D eigenvalue weighted by Crippen LogP contribution is -2.46. The maximum atomic E-state index is 3.50. The van der Waals surface area contributed by atoms with E-state index in [0.717, 1.165) is 36.3 Å². The van der Waals surface area contributed by atoms with Crippen molar-refractivity contribution in [3.05, 3.63) is 0 Å². The summed E-state index contributed by atoms with van der Waals surface area (Å²) in [5.74, 6) is 0. The number of hydrogen-bond acceptors (Lipinski definition) is 3. The van der Waals surface area contributed by atoms with Crippen molar-refractivity contribution in [2.24, 2.45) is 0 Å². The van der Waals surface area contributed by atoms with Gasteiger partial charge in [0.2, 0.25) is 0 Å². The molecule has 4 aliphatic rings. The minimum atomic E-state index is 0.747. The van der Waals surface area contributed by atoms with E-state index >= 15 is 0 Å². The highest BCUT2D eigenvalue weighted by Gasteiger charge is 2.38. The molecule has 0 amide bonds. The van der Waals surface area contributed by atoms with E-state index in [1.165, 1.54) is 51.6 Å². The molecule has 4 atom stereocenters. The third-order valence-corrected chi connectivity index (χ3v) is 6.11. The van der Waals surface area contributed by atoms with E-state index in [2.05, 4.69) is 42.8 Å². The summed E-state index contributed by atoms with van der Waals surface area (Å²) in [4.78, 5) is 5.37. The van der Waals surface area contributed by atoms with E-state index < -0.39 is 0 Å². The van der Waals surface area contributed by atoms with Gasteiger partial charge >= 0.3 is 0 Å². The zero-order chi connectivity index (χ0) is 15.0. The monoisotopic (exact) mass is 293 g/mol. The molecule has 3 heteroatoms. The average molecular weight is 293 g/mol. The van der Waals surface area contributed by atoms with Gasteiger partial charge in [0.1, 0.15) is 0 Å². The largest absolute Gasteiger partial charge is 0.311 e. The first-order valence-electron chi connectivity index (χ1n) is 9.32. The Kier molecular flexibility index (Phi) is 4.92. The highest BCUT2D eigenvalue weighted by molar-refractivity contribution is 4.98. The molecule has 3 nitrogen and oxygen atoms in total. The van der Waals surface area contributed by atoms with Gasteiger partial charge in [-0.25, -0.2) is 0 Å². The van der Waals surface area contributed by atoms with Gasteiger partial charge in [-0.2, -0.15) is 0 Å². The number of hydrogen-bond donors (Lipinski definition) is 1. The van der Waals surface area contributed by atoms with Crippen LogP contribution in [0.3, 0.4) is 0 Å². The van der Waals surface area contributed by atoms with Crippen LogP contribution in [0.15, 0.2) is 0 Å². The Morgan fingerprint density at radius 2 is 1.52 bits per heavy atom. The molecule has 122 valence electrons. The third kappa shape index (κ3) is 3.30. The smallest absolute Gasteiger partial charge is 0.0239 e. The molecule has 0 aromatic carbocycles. The molecule has 0 aromatic rings. The lowest BCUT2D eigenvalue weighted by atomic mass is 10.0. The first-order chi connectivity index (χ1) is 10.1. The maximum Gasteiger partial charge on any atom is 0.0239 e. The lowest BCUT2D eigenvalue weighted by molar-refractivity contribution is 0.104. The van der Waals surface area contributed by atoms with E-state index in [1.807, 2.05) is 0 Å². The van der Waals surface area contributed by atoms with Crippen LogP contribution in [0.4, 0.5) is 0 Å². The summed E-state index contributed by atoms with van der Waals surface area (Å²) in [6, 6.07) is 5.10. The van der Waals surface area contributed by atoms with Crippen molar-refractivity contribution < 1.29 is 0 Å². The first-order valence-corrected chi connectivity index (χ1v) is 9.32. The highest BCUT2D eigenvalue weighted by Crippen LogP contribution is 2.36. The normalized spacial score (nSPS) is 39.1. The summed E-state index contributed by atoms with van der Waals surface area (Å²) in [6.45, 7) is 11.8. The Labute approximate surface area is 131 Å². The molecule has 1 N–H and O–H groups in total. The predicted molar refractivity (Wildman–Crippen MR) is 89.7 cm³/mol. The van der Waals surface area contributed by atoms with Crippen molar-refractivity contribution in [1.29, 1.82) is 0 Å². The molecule has 0 aromatic heterocycles. The van der Waals surface area contributed by atoms with Crippen LogP contribution in [0.2, 0.25) is 0 Å². The van der Waals surface area contributed by atoms with Crippen molar-refractivity contribution in [1.82, 2.24) is 15.1 Å². The number of fused-ring (bicyclic) bond motifs is 4. The van der Waals surface area contributed by atoms with E-state index in [9.17, 15) is 0 Å². The average Bonchev–Trinajstić information content (AvgIpc) is 3.13. The van der Waals surface area contributed by atoms with Gasteiger partial charge in [-0.15, -0.1) is 0 Å². The molecule has 0 spiro atoms. The van der Waals surface area contributed by atoms with Crippen LogP contribution in [0.1, 0.15) is 66.2 Å². The van der Waals surface area contributed by atoms with Crippen molar-refractivity contribution >= 4 is 0 Å². The molecular weight excluding hydrogens is 258 g/mol. The summed E-state index contributed by atoms with van der Waals surface area (Å²) in [5.41, 5.74) is 0. The van der Waals surface area contributed by atoms with Crippen LogP contribution < -0.4 is 5.32 Å². The fourth-order valence-corrected chi connectivity index (χ4v) is 5.23. The van der Waals surface area contributed by atoms with Crippen LogP contribution >= 0.6 is 0 Å². The van der Waals surface area contributed by atoms with Crippen LogP contribution in [-0.4, -0.2) is 59.1 Å². The van der Waals surface area contributed by atoms with E-state index in [1.54, 1.807) is 0 Å². The zero-order valence-corrected chi connectivity index (χ0v) is 14.5. The van der Waals surface area contributed by atoms with Gasteiger partial charge in [0.05, 0.1) is 0 Å². The summed E-state index contributed by atoms with van der Waals surface area (Å²) >= 11 is 0. The Bertz CT molecular complexity index is 325. The molecule has 4 fully saturated rings. The fourth-order valence-electron chi connectivity index (χ4n) is 5.23. The number of piperidine rings is 1. The Balaban J connectivity index is 0.000000126. The SMILES string of the molecule is CC(C)N1C2CCCC1CC2.CC(C)N1CC2CC1CN2. The second-order valence-electron chi connectivity index (χ2n) is 8.14. The highest BCUT2D eigenvalue weighted by atomic mass is 15.3. The molecule has 21 heavy (non-hydrogen) atoms. The molecular formula is C18H35N3. The van der Waals surface area contributed by atoms with Gasteiger partial charge in [0.15, 0.2) is 0 Å². The predicted octanol–water partition coefficient (Wildman–Crippen LogP) is 2.85. The number of piperazine rings is 1. The van der Waals surface area contributed by atoms with Gasteiger partial charge in [-0.1, -0.05) is 6.42 Å². The summed E-state index contributed by atoms with van der Waals surface area (Å²) < 4.78 is 0. The number of likely N-dealkylation sites (tertiary alicyclic amines) is 1. The van der Waals surface area contributed by atoms with Gasteiger partial charge in [0, 0.05) is 49.3 Å². The van der Waals surface area contributed by atoms with Gasteiger partial charge in [-0.05, 0) is 59.8 Å². The van der Waals surface area contributed by atoms with Gasteiger partial charge < -0.3 is 5.32 Å².